The molecule has 104 valence electrons. The summed E-state index contributed by atoms with van der Waals surface area (Å²) in [6.45, 7) is 0. The molecule has 1 amide bonds. The normalized spacial score (nSPS) is 10.3. The summed E-state index contributed by atoms with van der Waals surface area (Å²) in [6, 6.07) is 6.72. The second-order valence-electron chi connectivity index (χ2n) is 3.97. The number of benzene rings is 1. The van der Waals surface area contributed by atoms with Crippen LogP contribution in [-0.2, 0) is 4.84 Å². The van der Waals surface area contributed by atoms with Crippen LogP contribution in [0.25, 0.3) is 11.1 Å². The van der Waals surface area contributed by atoms with Gasteiger partial charge in [-0.25, -0.2) is 5.06 Å². The molecule has 1 aromatic carbocycles. The Morgan fingerprint density at radius 1 is 1.35 bits per heavy atom. The Morgan fingerprint density at radius 2 is 2.00 bits per heavy atom. The Kier molecular flexibility index (Phi) is 4.16. The standard InChI is InChI=1S/C13H12ClN3O3/c1-17(20-2)13(19)11-12(18)10(7-15-16-11)8-3-5-9(14)6-4-8/h3-7H,1-2H3,(H,15,18). The molecule has 0 unspecified atom stereocenters. The van der Waals surface area contributed by atoms with Crippen LogP contribution in [0.3, 0.4) is 0 Å². The monoisotopic (exact) mass is 293 g/mol. The van der Waals surface area contributed by atoms with Crippen LogP contribution < -0.4 is 5.43 Å². The van der Waals surface area contributed by atoms with Crippen molar-refractivity contribution in [2.75, 3.05) is 14.2 Å². The Hall–Kier alpha value is -2.18. The van der Waals surface area contributed by atoms with Crippen LogP contribution in [0.2, 0.25) is 5.02 Å². The third-order valence-electron chi connectivity index (χ3n) is 2.76. The number of carbonyl (C=O) groups excluding carboxylic acids is 1. The smallest absolute Gasteiger partial charge is 0.286 e. The Balaban J connectivity index is 2.50. The lowest BCUT2D eigenvalue weighted by Crippen LogP contribution is -2.32. The van der Waals surface area contributed by atoms with Crippen molar-refractivity contribution in [2.24, 2.45) is 0 Å². The predicted octanol–water partition coefficient (Wildman–Crippen LogP) is 1.72. The van der Waals surface area contributed by atoms with Gasteiger partial charge in [-0.3, -0.25) is 19.5 Å². The molecule has 0 fully saturated rings. The number of carbonyl (C=O) groups is 1. The van der Waals surface area contributed by atoms with Crippen LogP contribution >= 0.6 is 11.6 Å². The summed E-state index contributed by atoms with van der Waals surface area (Å²) in [5, 5.41) is 7.77. The number of nitrogens with one attached hydrogen (secondary N) is 1. The zero-order chi connectivity index (χ0) is 14.7. The van der Waals surface area contributed by atoms with Crippen molar-refractivity contribution in [2.45, 2.75) is 0 Å². The highest BCUT2D eigenvalue weighted by Crippen LogP contribution is 2.18. The summed E-state index contributed by atoms with van der Waals surface area (Å²) < 4.78 is 0. The van der Waals surface area contributed by atoms with Crippen LogP contribution in [0.1, 0.15) is 10.5 Å². The van der Waals surface area contributed by atoms with Crippen molar-refractivity contribution in [3.05, 3.63) is 51.4 Å². The van der Waals surface area contributed by atoms with Crippen molar-refractivity contribution >= 4 is 17.5 Å². The fraction of sp³-hybridized carbons (Fsp3) is 0.154. The second-order valence-corrected chi connectivity index (χ2v) is 4.41. The molecule has 20 heavy (non-hydrogen) atoms. The van der Waals surface area contributed by atoms with Crippen LogP contribution in [0.15, 0.2) is 35.3 Å². The highest BCUT2D eigenvalue weighted by atomic mass is 35.5. The van der Waals surface area contributed by atoms with E-state index in [0.717, 1.165) is 5.06 Å². The Labute approximate surface area is 119 Å². The predicted molar refractivity (Wildman–Crippen MR) is 74.4 cm³/mol. The van der Waals surface area contributed by atoms with Gasteiger partial charge in [-0.1, -0.05) is 23.7 Å². The maximum absolute atomic E-state index is 12.3. The average Bonchev–Trinajstić information content (AvgIpc) is 2.47. The van der Waals surface area contributed by atoms with Crippen molar-refractivity contribution < 1.29 is 9.63 Å². The van der Waals surface area contributed by atoms with Gasteiger partial charge >= 0.3 is 5.91 Å². The van der Waals surface area contributed by atoms with E-state index in [4.69, 9.17) is 16.4 Å². The zero-order valence-corrected chi connectivity index (χ0v) is 11.6. The summed E-state index contributed by atoms with van der Waals surface area (Å²) in [7, 11) is 2.73. The number of aromatic nitrogens is 2. The number of hydrogen-bond donors (Lipinski definition) is 1. The largest absolute Gasteiger partial charge is 0.301 e. The maximum atomic E-state index is 12.3. The van der Waals surface area contributed by atoms with Crippen LogP contribution in [0.4, 0.5) is 0 Å². The topological polar surface area (TPSA) is 75.3 Å². The van der Waals surface area contributed by atoms with Gasteiger partial charge in [0.25, 0.3) is 0 Å². The fourth-order valence-electron chi connectivity index (χ4n) is 1.63. The van der Waals surface area contributed by atoms with Gasteiger partial charge in [-0.15, -0.1) is 0 Å². The highest BCUT2D eigenvalue weighted by Gasteiger charge is 2.19. The van der Waals surface area contributed by atoms with Crippen LogP contribution in [0, 0.1) is 0 Å². The highest BCUT2D eigenvalue weighted by molar-refractivity contribution is 6.30. The molecule has 0 atom stereocenters. The lowest BCUT2D eigenvalue weighted by atomic mass is 10.1. The van der Waals surface area contributed by atoms with Crippen molar-refractivity contribution in [1.29, 1.82) is 0 Å². The summed E-state index contributed by atoms with van der Waals surface area (Å²) in [5.41, 5.74) is 0.276. The molecule has 0 aliphatic rings. The molecular formula is C13H12ClN3O3. The first-order valence-corrected chi connectivity index (χ1v) is 6.08. The number of hydrogen-bond acceptors (Lipinski definition) is 4. The first-order valence-electron chi connectivity index (χ1n) is 5.70. The van der Waals surface area contributed by atoms with Gasteiger partial charge in [-0.05, 0) is 17.7 Å². The quantitative estimate of drug-likeness (QED) is 0.874. The minimum atomic E-state index is -0.621. The number of aromatic amines is 1. The number of amides is 1. The molecule has 0 spiro atoms. The van der Waals surface area contributed by atoms with E-state index in [9.17, 15) is 9.59 Å². The molecule has 0 bridgehead atoms. The minimum absolute atomic E-state index is 0.234. The molecule has 2 rings (SSSR count). The summed E-state index contributed by atoms with van der Waals surface area (Å²) in [6.07, 6.45) is 1.44. The minimum Gasteiger partial charge on any atom is -0.286 e. The molecule has 1 aromatic heterocycles. The molecule has 6 nitrogen and oxygen atoms in total. The molecule has 0 aliphatic carbocycles. The zero-order valence-electron chi connectivity index (χ0n) is 10.9. The molecule has 0 saturated heterocycles. The van der Waals surface area contributed by atoms with Crippen molar-refractivity contribution in [3.63, 3.8) is 0 Å². The van der Waals surface area contributed by atoms with E-state index in [1.165, 1.54) is 20.4 Å². The van der Waals surface area contributed by atoms with Gasteiger partial charge in [0, 0.05) is 23.8 Å². The summed E-state index contributed by atoms with van der Waals surface area (Å²) >= 11 is 5.81. The third kappa shape index (κ3) is 2.71. The van der Waals surface area contributed by atoms with Gasteiger partial charge in [0.2, 0.25) is 5.43 Å². The first kappa shape index (κ1) is 14.2. The van der Waals surface area contributed by atoms with E-state index in [1.807, 2.05) is 0 Å². The molecule has 1 heterocycles. The molecule has 1 N–H and O–H groups in total. The van der Waals surface area contributed by atoms with Gasteiger partial charge in [0.1, 0.15) is 0 Å². The van der Waals surface area contributed by atoms with E-state index < -0.39 is 11.3 Å². The maximum Gasteiger partial charge on any atom is 0.301 e. The van der Waals surface area contributed by atoms with Gasteiger partial charge in [-0.2, -0.15) is 5.10 Å². The van der Waals surface area contributed by atoms with Crippen LogP contribution in [-0.4, -0.2) is 35.3 Å². The average molecular weight is 294 g/mol. The molecule has 0 aliphatic heterocycles. The molecular weight excluding hydrogens is 282 g/mol. The number of H-pyrrole nitrogens is 1. The lowest BCUT2D eigenvalue weighted by Gasteiger charge is -2.12. The Morgan fingerprint density at radius 3 is 2.60 bits per heavy atom. The van der Waals surface area contributed by atoms with Gasteiger partial charge < -0.3 is 0 Å². The van der Waals surface area contributed by atoms with E-state index in [-0.39, 0.29) is 5.69 Å². The fourth-order valence-corrected chi connectivity index (χ4v) is 1.75. The third-order valence-corrected chi connectivity index (χ3v) is 3.01. The first-order chi connectivity index (χ1) is 9.54. The summed E-state index contributed by atoms with van der Waals surface area (Å²) in [5.74, 6) is -0.621. The molecule has 2 aromatic rings. The number of halogens is 1. The van der Waals surface area contributed by atoms with E-state index in [1.54, 1.807) is 24.3 Å². The van der Waals surface area contributed by atoms with Crippen molar-refractivity contribution in [3.8, 4) is 11.1 Å². The number of hydroxylamine groups is 2. The number of rotatable bonds is 3. The van der Waals surface area contributed by atoms with Crippen LogP contribution in [0.5, 0.6) is 0 Å². The van der Waals surface area contributed by atoms with E-state index in [2.05, 4.69) is 10.2 Å². The van der Waals surface area contributed by atoms with E-state index >= 15 is 0 Å². The second kappa shape index (κ2) is 5.85. The van der Waals surface area contributed by atoms with E-state index in [0.29, 0.717) is 16.1 Å². The van der Waals surface area contributed by atoms with Gasteiger partial charge in [0.15, 0.2) is 5.69 Å². The molecule has 0 saturated carbocycles. The van der Waals surface area contributed by atoms with Crippen molar-refractivity contribution in [1.82, 2.24) is 15.3 Å². The number of nitrogens with zero attached hydrogens (tertiary/aromatic N) is 2. The molecule has 0 radical (unpaired) electrons. The SMILES string of the molecule is CON(C)C(=O)c1n[nH]cc(-c2ccc(Cl)cc2)c1=O. The molecule has 7 heteroatoms. The lowest BCUT2D eigenvalue weighted by molar-refractivity contribution is -0.0761. The summed E-state index contributed by atoms with van der Waals surface area (Å²) in [4.78, 5) is 29.0. The van der Waals surface area contributed by atoms with Gasteiger partial charge in [0.05, 0.1) is 7.11 Å². The Bertz CT molecular complexity index is 682.